The van der Waals surface area contributed by atoms with E-state index in [1.54, 1.807) is 12.1 Å². The summed E-state index contributed by atoms with van der Waals surface area (Å²) in [4.78, 5) is 12.1. The van der Waals surface area contributed by atoms with Crippen LogP contribution in [0.25, 0.3) is 0 Å². The molecule has 1 aliphatic heterocycles. The van der Waals surface area contributed by atoms with E-state index in [0.29, 0.717) is 12.1 Å². The van der Waals surface area contributed by atoms with Gasteiger partial charge in [0, 0.05) is 17.8 Å². The predicted octanol–water partition coefficient (Wildman–Crippen LogP) is 2.48. The average Bonchev–Trinajstić information content (AvgIpc) is 3.18. The summed E-state index contributed by atoms with van der Waals surface area (Å²) < 4.78 is 64.4. The van der Waals surface area contributed by atoms with Gasteiger partial charge in [-0.2, -0.15) is 0 Å². The average molecular weight is 476 g/mol. The van der Waals surface area contributed by atoms with E-state index in [-0.39, 0.29) is 22.7 Å². The molecule has 1 aliphatic rings. The van der Waals surface area contributed by atoms with Gasteiger partial charge >= 0.3 is 0 Å². The van der Waals surface area contributed by atoms with E-state index in [4.69, 9.17) is 5.14 Å². The van der Waals surface area contributed by atoms with Gasteiger partial charge in [-0.3, -0.25) is 9.10 Å². The maximum Gasteiger partial charge on any atom is 0.264 e. The highest BCUT2D eigenvalue weighted by Crippen LogP contribution is 2.32. The number of fused-ring (bicyclic) bond motifs is 1. The Morgan fingerprint density at radius 2 is 1.69 bits per heavy atom. The number of carbonyl (C=O) groups excluding carboxylic acids is 1. The summed E-state index contributed by atoms with van der Waals surface area (Å²) >= 11 is 0. The van der Waals surface area contributed by atoms with Crippen LogP contribution in [0.2, 0.25) is 0 Å². The number of hydrogen-bond donors (Lipinski definition) is 2. The Kier molecular flexibility index (Phi) is 5.49. The molecule has 0 unspecified atom stereocenters. The second-order valence-electron chi connectivity index (χ2n) is 7.16. The molecule has 166 valence electrons. The zero-order valence-electron chi connectivity index (χ0n) is 16.5. The Hall–Kier alpha value is -3.28. The number of amides is 1. The standard InChI is InChI=1S/C21H18FN3O5S2/c22-16-11-17(13-19(12-16)31(23,27)28)24-21(26)15-5-3-6-18(10-15)32(29,30)25-9-8-14-4-1-2-7-20(14)25/h1-7,10-13H,8-9H2,(H,24,26)(H2,23,27,28). The molecule has 0 aliphatic carbocycles. The molecule has 0 saturated heterocycles. The second kappa shape index (κ2) is 8.01. The number of hydrogen-bond acceptors (Lipinski definition) is 5. The topological polar surface area (TPSA) is 127 Å². The van der Waals surface area contributed by atoms with Crippen molar-refractivity contribution in [2.45, 2.75) is 16.2 Å². The van der Waals surface area contributed by atoms with E-state index >= 15 is 0 Å². The summed E-state index contributed by atoms with van der Waals surface area (Å²) in [6, 6.07) is 15.3. The van der Waals surface area contributed by atoms with Gasteiger partial charge in [0.25, 0.3) is 15.9 Å². The van der Waals surface area contributed by atoms with Crippen LogP contribution in [0.5, 0.6) is 0 Å². The first-order chi connectivity index (χ1) is 15.1. The van der Waals surface area contributed by atoms with Gasteiger partial charge < -0.3 is 5.32 Å². The van der Waals surface area contributed by atoms with E-state index in [9.17, 15) is 26.0 Å². The predicted molar refractivity (Wildman–Crippen MR) is 117 cm³/mol. The summed E-state index contributed by atoms with van der Waals surface area (Å²) in [5.74, 6) is -1.65. The van der Waals surface area contributed by atoms with Crippen LogP contribution in [0.1, 0.15) is 15.9 Å². The van der Waals surface area contributed by atoms with Crippen LogP contribution in [0.4, 0.5) is 15.8 Å². The molecule has 3 N–H and O–H groups in total. The molecule has 0 saturated carbocycles. The van der Waals surface area contributed by atoms with Gasteiger partial charge in [0.15, 0.2) is 0 Å². The highest BCUT2D eigenvalue weighted by atomic mass is 32.2. The van der Waals surface area contributed by atoms with E-state index < -0.39 is 36.7 Å². The van der Waals surface area contributed by atoms with Crippen LogP contribution < -0.4 is 14.8 Å². The SMILES string of the molecule is NS(=O)(=O)c1cc(F)cc(NC(=O)c2cccc(S(=O)(=O)N3CCc4ccccc43)c2)c1. The van der Waals surface area contributed by atoms with Crippen molar-refractivity contribution in [3.63, 3.8) is 0 Å². The maximum atomic E-state index is 13.8. The highest BCUT2D eigenvalue weighted by Gasteiger charge is 2.31. The molecule has 3 aromatic rings. The highest BCUT2D eigenvalue weighted by molar-refractivity contribution is 7.92. The summed E-state index contributed by atoms with van der Waals surface area (Å²) in [6.07, 6.45) is 0.585. The fraction of sp³-hybridized carbons (Fsp3) is 0.0952. The van der Waals surface area contributed by atoms with Crippen molar-refractivity contribution in [2.75, 3.05) is 16.2 Å². The lowest BCUT2D eigenvalue weighted by Crippen LogP contribution is -2.29. The number of rotatable bonds is 5. The third-order valence-electron chi connectivity index (χ3n) is 4.99. The first-order valence-electron chi connectivity index (χ1n) is 9.41. The van der Waals surface area contributed by atoms with Crippen LogP contribution in [0.15, 0.2) is 76.5 Å². The lowest BCUT2D eigenvalue weighted by atomic mass is 10.2. The van der Waals surface area contributed by atoms with Crippen LogP contribution >= 0.6 is 0 Å². The Bertz CT molecular complexity index is 1440. The number of primary sulfonamides is 1. The summed E-state index contributed by atoms with van der Waals surface area (Å²) in [7, 11) is -8.10. The fourth-order valence-electron chi connectivity index (χ4n) is 3.49. The lowest BCUT2D eigenvalue weighted by molar-refractivity contribution is 0.102. The molecule has 1 amide bonds. The number of sulfonamides is 2. The van der Waals surface area contributed by atoms with Crippen molar-refractivity contribution in [1.29, 1.82) is 0 Å². The lowest BCUT2D eigenvalue weighted by Gasteiger charge is -2.20. The molecule has 0 radical (unpaired) electrons. The van der Waals surface area contributed by atoms with Gasteiger partial charge in [-0.25, -0.2) is 26.4 Å². The molecule has 32 heavy (non-hydrogen) atoms. The van der Waals surface area contributed by atoms with Gasteiger partial charge in [0.1, 0.15) is 5.82 Å². The zero-order chi connectivity index (χ0) is 23.1. The minimum Gasteiger partial charge on any atom is -0.322 e. The molecular formula is C21H18FN3O5S2. The van der Waals surface area contributed by atoms with Gasteiger partial charge in [-0.05, 0) is 54.4 Å². The Labute approximate surface area is 184 Å². The summed E-state index contributed by atoms with van der Waals surface area (Å²) in [5, 5.41) is 7.39. The smallest absolute Gasteiger partial charge is 0.264 e. The fourth-order valence-corrected chi connectivity index (χ4v) is 5.60. The van der Waals surface area contributed by atoms with Gasteiger partial charge in [-0.1, -0.05) is 24.3 Å². The van der Waals surface area contributed by atoms with Crippen LogP contribution in [0.3, 0.4) is 0 Å². The summed E-state index contributed by atoms with van der Waals surface area (Å²) in [6.45, 7) is 0.289. The van der Waals surface area contributed by atoms with Crippen molar-refractivity contribution in [3.8, 4) is 0 Å². The van der Waals surface area contributed by atoms with Crippen molar-refractivity contribution in [2.24, 2.45) is 5.14 Å². The molecule has 11 heteroatoms. The number of nitrogens with one attached hydrogen (secondary N) is 1. The largest absolute Gasteiger partial charge is 0.322 e. The molecule has 0 spiro atoms. The van der Waals surface area contributed by atoms with E-state index in [1.807, 2.05) is 12.1 Å². The quantitative estimate of drug-likeness (QED) is 0.586. The van der Waals surface area contributed by atoms with E-state index in [1.165, 1.54) is 28.6 Å². The van der Waals surface area contributed by atoms with Gasteiger partial charge in [0.2, 0.25) is 10.0 Å². The molecular weight excluding hydrogens is 457 g/mol. The third kappa shape index (κ3) is 4.22. The van der Waals surface area contributed by atoms with Crippen molar-refractivity contribution in [1.82, 2.24) is 0 Å². The first kappa shape index (κ1) is 21.9. The number of anilines is 2. The number of nitrogens with two attached hydrogens (primary N) is 1. The molecule has 0 fully saturated rings. The molecule has 0 aromatic heterocycles. The van der Waals surface area contributed by atoms with Crippen molar-refractivity contribution >= 4 is 37.3 Å². The van der Waals surface area contributed by atoms with Crippen LogP contribution in [-0.2, 0) is 26.5 Å². The van der Waals surface area contributed by atoms with Crippen LogP contribution in [-0.4, -0.2) is 29.3 Å². The monoisotopic (exact) mass is 475 g/mol. The molecule has 8 nitrogen and oxygen atoms in total. The molecule has 0 atom stereocenters. The molecule has 3 aromatic carbocycles. The number of carbonyl (C=O) groups is 1. The zero-order valence-corrected chi connectivity index (χ0v) is 18.2. The maximum absolute atomic E-state index is 13.8. The number of para-hydroxylation sites is 1. The molecule has 0 bridgehead atoms. The van der Waals surface area contributed by atoms with Crippen molar-refractivity contribution < 1.29 is 26.0 Å². The Morgan fingerprint density at radius 3 is 2.44 bits per heavy atom. The number of benzene rings is 3. The minimum atomic E-state index is -4.18. The van der Waals surface area contributed by atoms with Gasteiger partial charge in [-0.15, -0.1) is 0 Å². The molecule has 1 heterocycles. The first-order valence-corrected chi connectivity index (χ1v) is 12.4. The van der Waals surface area contributed by atoms with E-state index in [0.717, 1.165) is 23.8 Å². The Morgan fingerprint density at radius 1 is 0.938 bits per heavy atom. The number of nitrogens with zero attached hydrogens (tertiary/aromatic N) is 1. The van der Waals surface area contributed by atoms with Crippen molar-refractivity contribution in [3.05, 3.63) is 83.7 Å². The Balaban J connectivity index is 1.63. The van der Waals surface area contributed by atoms with Crippen LogP contribution in [0, 0.1) is 5.82 Å². The van der Waals surface area contributed by atoms with Gasteiger partial charge in [0.05, 0.1) is 15.5 Å². The minimum absolute atomic E-state index is 0.0000241. The summed E-state index contributed by atoms with van der Waals surface area (Å²) in [5.41, 5.74) is 1.38. The third-order valence-corrected chi connectivity index (χ3v) is 7.69. The normalized spacial score (nSPS) is 13.6. The van der Waals surface area contributed by atoms with E-state index in [2.05, 4.69) is 5.32 Å². The number of halogens is 1. The molecule has 4 rings (SSSR count). The second-order valence-corrected chi connectivity index (χ2v) is 10.6.